The van der Waals surface area contributed by atoms with E-state index in [1.165, 1.54) is 16.9 Å². The van der Waals surface area contributed by atoms with E-state index < -0.39 is 6.36 Å². The lowest BCUT2D eigenvalue weighted by Crippen LogP contribution is -2.20. The van der Waals surface area contributed by atoms with Crippen LogP contribution < -0.4 is 10.1 Å². The van der Waals surface area contributed by atoms with Gasteiger partial charge in [-0.05, 0) is 30.0 Å². The summed E-state index contributed by atoms with van der Waals surface area (Å²) < 4.78 is 40.1. The molecule has 1 N–H and O–H groups in total. The zero-order valence-electron chi connectivity index (χ0n) is 11.4. The molecule has 0 fully saturated rings. The van der Waals surface area contributed by atoms with Crippen molar-refractivity contribution in [2.45, 2.75) is 18.8 Å². The maximum absolute atomic E-state index is 12.1. The highest BCUT2D eigenvalue weighted by Gasteiger charge is 2.31. The van der Waals surface area contributed by atoms with E-state index in [1.54, 1.807) is 26.2 Å². The van der Waals surface area contributed by atoms with Gasteiger partial charge in [0.2, 0.25) is 0 Å². The molecule has 6 nitrogen and oxygen atoms in total. The van der Waals surface area contributed by atoms with Gasteiger partial charge in [0.05, 0.1) is 7.05 Å². The van der Waals surface area contributed by atoms with E-state index in [4.69, 9.17) is 0 Å². The van der Waals surface area contributed by atoms with Crippen LogP contribution in [0.1, 0.15) is 17.4 Å². The number of hydrogen-bond donors (Lipinski definition) is 1. The summed E-state index contributed by atoms with van der Waals surface area (Å²) in [5, 5.41) is 14.8. The minimum absolute atomic E-state index is 0.130. The van der Waals surface area contributed by atoms with Crippen LogP contribution in [0, 0.1) is 0 Å². The Bertz CT molecular complexity index is 581. The van der Waals surface area contributed by atoms with Gasteiger partial charge < -0.3 is 10.1 Å². The van der Waals surface area contributed by atoms with Gasteiger partial charge in [0.1, 0.15) is 5.75 Å². The van der Waals surface area contributed by atoms with Gasteiger partial charge >= 0.3 is 6.36 Å². The smallest absolute Gasteiger partial charge is 0.406 e. The molecule has 0 aliphatic carbocycles. The lowest BCUT2D eigenvalue weighted by Gasteiger charge is -2.15. The molecule has 9 heteroatoms. The van der Waals surface area contributed by atoms with Crippen molar-refractivity contribution in [3.8, 4) is 5.75 Å². The predicted molar refractivity (Wildman–Crippen MR) is 67.4 cm³/mol. The van der Waals surface area contributed by atoms with E-state index >= 15 is 0 Å². The predicted octanol–water partition coefficient (Wildman–Crippen LogP) is 1.61. The molecule has 2 aromatic rings. The summed E-state index contributed by atoms with van der Waals surface area (Å²) in [5.74, 6) is 0.297. The van der Waals surface area contributed by atoms with Crippen LogP contribution in [0.5, 0.6) is 5.75 Å². The van der Waals surface area contributed by atoms with Gasteiger partial charge in [0.25, 0.3) is 0 Å². The zero-order valence-corrected chi connectivity index (χ0v) is 11.4. The second-order valence-electron chi connectivity index (χ2n) is 4.36. The fourth-order valence-electron chi connectivity index (χ4n) is 1.88. The number of alkyl halides is 3. The molecule has 1 aromatic heterocycles. The molecule has 114 valence electrons. The van der Waals surface area contributed by atoms with Crippen molar-refractivity contribution < 1.29 is 17.9 Å². The van der Waals surface area contributed by atoms with E-state index in [0.29, 0.717) is 12.2 Å². The van der Waals surface area contributed by atoms with Crippen LogP contribution in [0.2, 0.25) is 0 Å². The van der Waals surface area contributed by atoms with Crippen LogP contribution in [0.25, 0.3) is 0 Å². The van der Waals surface area contributed by atoms with Crippen LogP contribution in [-0.2, 0) is 13.5 Å². The van der Waals surface area contributed by atoms with E-state index in [2.05, 4.69) is 25.5 Å². The molecule has 0 radical (unpaired) electrons. The minimum atomic E-state index is -4.69. The number of halogens is 3. The second-order valence-corrected chi connectivity index (χ2v) is 4.36. The summed E-state index contributed by atoms with van der Waals surface area (Å²) in [6.07, 6.45) is -4.21. The third-order valence-electron chi connectivity index (χ3n) is 2.80. The molecule has 0 saturated carbocycles. The number of aromatic nitrogens is 4. The fourth-order valence-corrected chi connectivity index (χ4v) is 1.88. The molecule has 0 aliphatic rings. The Kier molecular flexibility index (Phi) is 4.41. The Labute approximate surface area is 118 Å². The highest BCUT2D eigenvalue weighted by Crippen LogP contribution is 2.25. The zero-order chi connectivity index (χ0) is 15.5. The quantitative estimate of drug-likeness (QED) is 0.909. The van der Waals surface area contributed by atoms with Crippen molar-refractivity contribution in [1.82, 2.24) is 25.5 Å². The summed E-state index contributed by atoms with van der Waals surface area (Å²) in [4.78, 5) is 1.35. The molecule has 1 aromatic carbocycles. The average molecular weight is 301 g/mol. The van der Waals surface area contributed by atoms with Crippen molar-refractivity contribution in [3.63, 3.8) is 0 Å². The summed E-state index contributed by atoms with van der Waals surface area (Å²) >= 11 is 0. The van der Waals surface area contributed by atoms with E-state index in [-0.39, 0.29) is 11.8 Å². The normalized spacial score (nSPS) is 13.2. The number of tetrazole rings is 1. The number of hydrogen-bond acceptors (Lipinski definition) is 5. The van der Waals surface area contributed by atoms with Crippen molar-refractivity contribution in [3.05, 3.63) is 35.7 Å². The van der Waals surface area contributed by atoms with E-state index in [0.717, 1.165) is 5.56 Å². The molecule has 0 saturated heterocycles. The van der Waals surface area contributed by atoms with Gasteiger partial charge in [-0.1, -0.05) is 12.1 Å². The van der Waals surface area contributed by atoms with Crippen molar-refractivity contribution in [1.29, 1.82) is 0 Å². The van der Waals surface area contributed by atoms with Crippen LogP contribution in [0.15, 0.2) is 24.3 Å². The molecule has 1 unspecified atom stereocenters. The summed E-state index contributed by atoms with van der Waals surface area (Å²) in [6.45, 7) is 0. The number of benzene rings is 1. The number of likely N-dealkylation sites (N-methyl/N-ethyl adjacent to an activating group) is 1. The Morgan fingerprint density at radius 3 is 2.43 bits per heavy atom. The first-order valence-corrected chi connectivity index (χ1v) is 6.13. The molecular weight excluding hydrogens is 287 g/mol. The molecule has 1 atom stereocenters. The summed E-state index contributed by atoms with van der Waals surface area (Å²) in [7, 11) is 3.41. The average Bonchev–Trinajstić information content (AvgIpc) is 2.81. The lowest BCUT2D eigenvalue weighted by atomic mass is 10.0. The Morgan fingerprint density at radius 1 is 1.29 bits per heavy atom. The SMILES string of the molecule is CNC(Cc1nnn(C)n1)c1ccc(OC(F)(F)F)cc1. The Hall–Kier alpha value is -2.16. The van der Waals surface area contributed by atoms with Crippen molar-refractivity contribution in [2.24, 2.45) is 7.05 Å². The fraction of sp³-hybridized carbons (Fsp3) is 0.417. The largest absolute Gasteiger partial charge is 0.573 e. The molecule has 0 spiro atoms. The van der Waals surface area contributed by atoms with Gasteiger partial charge in [-0.3, -0.25) is 0 Å². The van der Waals surface area contributed by atoms with Gasteiger partial charge in [-0.25, -0.2) is 0 Å². The third kappa shape index (κ3) is 4.42. The van der Waals surface area contributed by atoms with Crippen molar-refractivity contribution >= 4 is 0 Å². The maximum Gasteiger partial charge on any atom is 0.573 e. The number of nitrogens with zero attached hydrogens (tertiary/aromatic N) is 4. The Balaban J connectivity index is 2.08. The van der Waals surface area contributed by atoms with Gasteiger partial charge in [-0.2, -0.15) is 4.80 Å². The first-order valence-electron chi connectivity index (χ1n) is 6.13. The number of aryl methyl sites for hydroxylation is 1. The van der Waals surface area contributed by atoms with E-state index in [9.17, 15) is 13.2 Å². The molecule has 1 heterocycles. The summed E-state index contributed by atoms with van der Waals surface area (Å²) in [5.41, 5.74) is 0.805. The van der Waals surface area contributed by atoms with Gasteiger partial charge in [0, 0.05) is 12.5 Å². The molecule has 21 heavy (non-hydrogen) atoms. The highest BCUT2D eigenvalue weighted by atomic mass is 19.4. The maximum atomic E-state index is 12.1. The first kappa shape index (κ1) is 15.2. The Morgan fingerprint density at radius 2 is 1.95 bits per heavy atom. The lowest BCUT2D eigenvalue weighted by molar-refractivity contribution is -0.274. The molecule has 2 rings (SSSR count). The summed E-state index contributed by atoms with van der Waals surface area (Å²) in [6, 6.07) is 5.56. The first-order chi connectivity index (χ1) is 9.87. The second kappa shape index (κ2) is 6.08. The van der Waals surface area contributed by atoms with Crippen LogP contribution >= 0.6 is 0 Å². The van der Waals surface area contributed by atoms with Crippen LogP contribution in [0.4, 0.5) is 13.2 Å². The standard InChI is InChI=1S/C12H14F3N5O/c1-16-10(7-11-17-19-20(2)18-11)8-3-5-9(6-4-8)21-12(13,14)15/h3-6,10,16H,7H2,1-2H3. The van der Waals surface area contributed by atoms with Gasteiger partial charge in [0.15, 0.2) is 5.82 Å². The van der Waals surface area contributed by atoms with Crippen LogP contribution in [0.3, 0.4) is 0 Å². The van der Waals surface area contributed by atoms with E-state index in [1.807, 2.05) is 0 Å². The van der Waals surface area contributed by atoms with Gasteiger partial charge in [-0.15, -0.1) is 23.4 Å². The molecule has 0 amide bonds. The number of rotatable bonds is 5. The molecular formula is C12H14F3N5O. The molecule has 0 aliphatic heterocycles. The number of nitrogens with one attached hydrogen (secondary N) is 1. The highest BCUT2D eigenvalue weighted by molar-refractivity contribution is 5.29. The third-order valence-corrected chi connectivity index (χ3v) is 2.80. The minimum Gasteiger partial charge on any atom is -0.406 e. The monoisotopic (exact) mass is 301 g/mol. The topological polar surface area (TPSA) is 64.9 Å². The van der Waals surface area contributed by atoms with Crippen molar-refractivity contribution in [2.75, 3.05) is 7.05 Å². The molecule has 0 bridgehead atoms. The number of ether oxygens (including phenoxy) is 1. The van der Waals surface area contributed by atoms with Crippen LogP contribution in [-0.4, -0.2) is 33.6 Å².